The van der Waals surface area contributed by atoms with E-state index in [0.717, 1.165) is 0 Å². The number of carbonyl (C=O) groups excluding carboxylic acids is 2. The summed E-state index contributed by atoms with van der Waals surface area (Å²) < 4.78 is 6.08. The van der Waals surface area contributed by atoms with Crippen LogP contribution in [0.25, 0.3) is 6.20 Å². The van der Waals surface area contributed by atoms with Gasteiger partial charge < -0.3 is 4.74 Å². The Kier molecular flexibility index (Phi) is 5.62. The molecule has 0 fully saturated rings. The summed E-state index contributed by atoms with van der Waals surface area (Å²) in [7, 11) is 0. The maximum absolute atomic E-state index is 11.7. The number of aryl methyl sites for hydroxylation is 1. The number of nitrogens with one attached hydrogen (secondary N) is 1. The zero-order chi connectivity index (χ0) is 17.5. The van der Waals surface area contributed by atoms with Gasteiger partial charge in [-0.05, 0) is 19.1 Å². The minimum atomic E-state index is -0.593. The predicted octanol–water partition coefficient (Wildman–Crippen LogP) is 1.13. The Bertz CT molecular complexity index is 878. The minimum Gasteiger partial charge on any atom is -0.454 e. The summed E-state index contributed by atoms with van der Waals surface area (Å²) in [4.78, 5) is 48.3. The van der Waals surface area contributed by atoms with Crippen molar-refractivity contribution in [3.63, 3.8) is 0 Å². The number of ketones is 1. The molecule has 0 saturated carbocycles. The first kappa shape index (κ1) is 17.1. The first-order valence-electron chi connectivity index (χ1n) is 7.20. The van der Waals surface area contributed by atoms with E-state index in [1.54, 1.807) is 37.3 Å². The lowest BCUT2D eigenvalue weighted by molar-refractivity contribution is -0.121. The quantitative estimate of drug-likeness (QED) is 0.802. The number of aromatic nitrogens is 2. The molecule has 24 heavy (non-hydrogen) atoms. The number of Topliss-reactive ketones (excluding diaryl/α,β-unsaturated/α-hetero) is 1. The van der Waals surface area contributed by atoms with Gasteiger partial charge in [0.15, 0.2) is 12.4 Å². The van der Waals surface area contributed by atoms with Gasteiger partial charge >= 0.3 is 11.7 Å². The van der Waals surface area contributed by atoms with Gasteiger partial charge in [0.25, 0.3) is 5.56 Å². The van der Waals surface area contributed by atoms with Crippen LogP contribution in [0.3, 0.4) is 0 Å². The van der Waals surface area contributed by atoms with Crippen molar-refractivity contribution in [2.75, 3.05) is 6.61 Å². The van der Waals surface area contributed by atoms with Crippen LogP contribution in [0.1, 0.15) is 22.3 Å². The molecule has 1 aromatic heterocycles. The number of nitrogens with zero attached hydrogens (tertiary/aromatic N) is 1. The maximum Gasteiger partial charge on any atom is 0.338 e. The van der Waals surface area contributed by atoms with Gasteiger partial charge in [0.2, 0.25) is 0 Å². The van der Waals surface area contributed by atoms with E-state index < -0.39 is 17.2 Å². The van der Waals surface area contributed by atoms with Gasteiger partial charge in [-0.15, -0.1) is 0 Å². The zero-order valence-electron chi connectivity index (χ0n) is 13.0. The number of ether oxygens (including phenoxy) is 1. The molecule has 1 N–H and O–H groups in total. The topological polar surface area (TPSA) is 98.2 Å². The van der Waals surface area contributed by atoms with E-state index in [9.17, 15) is 19.2 Å². The molecule has 0 saturated heterocycles. The third-order valence-corrected chi connectivity index (χ3v) is 3.13. The van der Waals surface area contributed by atoms with Gasteiger partial charge in [-0.2, -0.15) is 0 Å². The highest BCUT2D eigenvalue weighted by Gasteiger charge is 2.08. The van der Waals surface area contributed by atoms with E-state index >= 15 is 0 Å². The van der Waals surface area contributed by atoms with Crippen LogP contribution in [-0.2, 0) is 9.53 Å². The molecule has 2 rings (SSSR count). The molecule has 7 nitrogen and oxygen atoms in total. The maximum atomic E-state index is 11.7. The fourth-order valence-electron chi connectivity index (χ4n) is 1.86. The van der Waals surface area contributed by atoms with Crippen molar-refractivity contribution in [1.29, 1.82) is 0 Å². The summed E-state index contributed by atoms with van der Waals surface area (Å²) in [5, 5.41) is 0. The van der Waals surface area contributed by atoms with Gasteiger partial charge in [-0.25, -0.2) is 9.59 Å². The van der Waals surface area contributed by atoms with Gasteiger partial charge in [-0.1, -0.05) is 24.3 Å². The average Bonchev–Trinajstić information content (AvgIpc) is 2.58. The molecular formula is C17H16N2O5. The highest BCUT2D eigenvalue weighted by atomic mass is 16.5. The normalized spacial score (nSPS) is 10.7. The van der Waals surface area contributed by atoms with Crippen LogP contribution in [0, 0.1) is 6.92 Å². The monoisotopic (exact) mass is 328 g/mol. The summed E-state index contributed by atoms with van der Waals surface area (Å²) in [5.74, 6) is -0.884. The van der Waals surface area contributed by atoms with Crippen molar-refractivity contribution in [3.8, 4) is 0 Å². The van der Waals surface area contributed by atoms with Crippen molar-refractivity contribution < 1.29 is 14.3 Å². The van der Waals surface area contributed by atoms with Crippen LogP contribution >= 0.6 is 0 Å². The highest BCUT2D eigenvalue weighted by molar-refractivity contribution is 5.91. The van der Waals surface area contributed by atoms with Gasteiger partial charge in [-0.3, -0.25) is 19.1 Å². The Hall–Kier alpha value is -3.22. The Morgan fingerprint density at radius 3 is 2.62 bits per heavy atom. The fraction of sp³-hybridized carbons (Fsp3) is 0.176. The van der Waals surface area contributed by atoms with Gasteiger partial charge in [0, 0.05) is 24.4 Å². The molecule has 1 heterocycles. The summed E-state index contributed by atoms with van der Waals surface area (Å²) in [5.41, 5.74) is -0.295. The van der Waals surface area contributed by atoms with Crippen molar-refractivity contribution in [2.24, 2.45) is 0 Å². The molecule has 1 aromatic carbocycles. The van der Waals surface area contributed by atoms with Crippen molar-refractivity contribution in [3.05, 3.63) is 74.6 Å². The molecule has 2 aromatic rings. The van der Waals surface area contributed by atoms with Crippen molar-refractivity contribution in [2.45, 2.75) is 13.3 Å². The molecule has 7 heteroatoms. The number of rotatable bonds is 6. The van der Waals surface area contributed by atoms with E-state index in [1.165, 1.54) is 23.0 Å². The van der Waals surface area contributed by atoms with Crippen LogP contribution in [0.2, 0.25) is 0 Å². The van der Waals surface area contributed by atoms with E-state index in [2.05, 4.69) is 4.98 Å². The standard InChI is InChI=1S/C17H16N2O5/c1-12-10-19(17(23)18-15(12)21)9-5-8-14(20)11-24-16(22)13-6-3-2-4-7-13/h2-7,9-10H,8,11H2,1H3,(H,18,21,23)/b9-5+. The molecule has 0 atom stereocenters. The third kappa shape index (κ3) is 4.64. The number of H-pyrrole nitrogens is 1. The number of aromatic amines is 1. The average molecular weight is 328 g/mol. The molecule has 0 radical (unpaired) electrons. The first-order chi connectivity index (χ1) is 11.5. The van der Waals surface area contributed by atoms with E-state index in [1.807, 2.05) is 0 Å². The molecule has 124 valence electrons. The highest BCUT2D eigenvalue weighted by Crippen LogP contribution is 2.01. The summed E-state index contributed by atoms with van der Waals surface area (Å²) >= 11 is 0. The lowest BCUT2D eigenvalue weighted by atomic mass is 10.2. The number of benzene rings is 1. The molecule has 0 amide bonds. The Morgan fingerprint density at radius 1 is 1.21 bits per heavy atom. The second-order valence-corrected chi connectivity index (χ2v) is 5.05. The van der Waals surface area contributed by atoms with Crippen molar-refractivity contribution in [1.82, 2.24) is 9.55 Å². The smallest absolute Gasteiger partial charge is 0.338 e. The third-order valence-electron chi connectivity index (χ3n) is 3.13. The lowest BCUT2D eigenvalue weighted by Gasteiger charge is -2.03. The summed E-state index contributed by atoms with van der Waals surface area (Å²) in [6.07, 6.45) is 4.20. The SMILES string of the molecule is Cc1cn(/C=C/CC(=O)COC(=O)c2ccccc2)c(=O)[nH]c1=O. The summed E-state index contributed by atoms with van der Waals surface area (Å²) in [6.45, 7) is 1.22. The Morgan fingerprint density at radius 2 is 1.92 bits per heavy atom. The van der Waals surface area contributed by atoms with Gasteiger partial charge in [0.05, 0.1) is 5.56 Å². The molecule has 0 bridgehead atoms. The van der Waals surface area contributed by atoms with Crippen LogP contribution in [0.15, 0.2) is 52.2 Å². The zero-order valence-corrected chi connectivity index (χ0v) is 13.0. The second kappa shape index (κ2) is 7.87. The number of carbonyl (C=O) groups is 2. The predicted molar refractivity (Wildman–Crippen MR) is 87.7 cm³/mol. The molecule has 0 aliphatic carbocycles. The van der Waals surface area contributed by atoms with Crippen LogP contribution in [-0.4, -0.2) is 27.9 Å². The van der Waals surface area contributed by atoms with E-state index in [4.69, 9.17) is 4.74 Å². The molecule has 0 spiro atoms. The van der Waals surface area contributed by atoms with E-state index in [-0.39, 0.29) is 18.8 Å². The molecule has 0 unspecified atom stereocenters. The Labute approximate surface area is 137 Å². The Balaban J connectivity index is 1.87. The fourth-order valence-corrected chi connectivity index (χ4v) is 1.86. The molecule has 0 aliphatic heterocycles. The number of allylic oxidation sites excluding steroid dienone is 1. The molecular weight excluding hydrogens is 312 g/mol. The molecule has 0 aliphatic rings. The van der Waals surface area contributed by atoms with E-state index in [0.29, 0.717) is 11.1 Å². The number of hydrogen-bond acceptors (Lipinski definition) is 5. The van der Waals surface area contributed by atoms with Gasteiger partial charge in [0.1, 0.15) is 0 Å². The van der Waals surface area contributed by atoms with Crippen LogP contribution in [0.5, 0.6) is 0 Å². The lowest BCUT2D eigenvalue weighted by Crippen LogP contribution is -2.28. The minimum absolute atomic E-state index is 0.00726. The number of hydrogen-bond donors (Lipinski definition) is 1. The van der Waals surface area contributed by atoms with Crippen LogP contribution < -0.4 is 11.2 Å². The largest absolute Gasteiger partial charge is 0.454 e. The number of esters is 1. The van der Waals surface area contributed by atoms with Crippen LogP contribution in [0.4, 0.5) is 0 Å². The van der Waals surface area contributed by atoms with Crippen molar-refractivity contribution >= 4 is 18.0 Å². The summed E-state index contributed by atoms with van der Waals surface area (Å²) in [6, 6.07) is 8.36. The second-order valence-electron chi connectivity index (χ2n) is 5.05. The first-order valence-corrected chi connectivity index (χ1v) is 7.20.